The maximum absolute atomic E-state index is 12.2. The van der Waals surface area contributed by atoms with Crippen molar-refractivity contribution in [3.8, 4) is 11.4 Å². The maximum Gasteiger partial charge on any atom is 0.230 e. The molecule has 0 saturated carbocycles. The van der Waals surface area contributed by atoms with Crippen LogP contribution >= 0.6 is 11.8 Å². The van der Waals surface area contributed by atoms with E-state index in [0.29, 0.717) is 24.0 Å². The van der Waals surface area contributed by atoms with E-state index in [1.807, 2.05) is 47.9 Å². The zero-order valence-electron chi connectivity index (χ0n) is 15.9. The van der Waals surface area contributed by atoms with Crippen molar-refractivity contribution < 1.29 is 13.6 Å². The third kappa shape index (κ3) is 4.78. The van der Waals surface area contributed by atoms with E-state index >= 15 is 0 Å². The van der Waals surface area contributed by atoms with E-state index in [4.69, 9.17) is 8.83 Å². The van der Waals surface area contributed by atoms with E-state index in [2.05, 4.69) is 21.6 Å². The Kier molecular flexibility index (Phi) is 5.81. The van der Waals surface area contributed by atoms with Crippen LogP contribution in [0.2, 0.25) is 0 Å². The number of carbonyl (C=O) groups excluding carboxylic acids is 1. The van der Waals surface area contributed by atoms with Gasteiger partial charge in [-0.1, -0.05) is 35.5 Å². The molecule has 0 atom stereocenters. The van der Waals surface area contributed by atoms with E-state index in [1.165, 1.54) is 11.8 Å². The van der Waals surface area contributed by atoms with Crippen LogP contribution in [0.5, 0.6) is 0 Å². The lowest BCUT2D eigenvalue weighted by Gasteiger charge is -2.09. The van der Waals surface area contributed by atoms with Crippen molar-refractivity contribution >= 4 is 17.7 Å². The molecule has 3 heterocycles. The molecule has 0 fully saturated rings. The molecule has 0 spiro atoms. The monoisotopic (exact) mass is 408 g/mol. The molecular weight excluding hydrogens is 388 g/mol. The molecule has 148 valence electrons. The molecule has 1 N–H and O–H groups in total. The van der Waals surface area contributed by atoms with Gasteiger partial charge in [0, 0.05) is 5.56 Å². The van der Waals surface area contributed by atoms with Crippen LogP contribution in [0.25, 0.3) is 11.4 Å². The summed E-state index contributed by atoms with van der Waals surface area (Å²) in [5.74, 6) is 2.37. The van der Waals surface area contributed by atoms with Crippen molar-refractivity contribution in [2.75, 3.05) is 5.75 Å². The van der Waals surface area contributed by atoms with Crippen molar-refractivity contribution in [1.82, 2.24) is 20.1 Å². The highest BCUT2D eigenvalue weighted by molar-refractivity contribution is 7.99. The van der Waals surface area contributed by atoms with Crippen LogP contribution in [0.1, 0.15) is 17.1 Å². The lowest BCUT2D eigenvalue weighted by molar-refractivity contribution is -0.118. The Balaban J connectivity index is 1.50. The SMILES string of the molecule is Cc1cccc(-c2nnc(SCC(=O)NCc3ccco3)n2Cc2ccco2)c1. The number of benzene rings is 1. The Hall–Kier alpha value is -3.26. The van der Waals surface area contributed by atoms with Crippen molar-refractivity contribution in [2.24, 2.45) is 0 Å². The molecule has 4 rings (SSSR count). The largest absolute Gasteiger partial charge is 0.467 e. The van der Waals surface area contributed by atoms with Gasteiger partial charge in [0.15, 0.2) is 11.0 Å². The van der Waals surface area contributed by atoms with Gasteiger partial charge in [0.2, 0.25) is 5.91 Å². The molecular formula is C21H20N4O3S. The van der Waals surface area contributed by atoms with E-state index in [9.17, 15) is 4.79 Å². The summed E-state index contributed by atoms with van der Waals surface area (Å²) in [4.78, 5) is 12.2. The summed E-state index contributed by atoms with van der Waals surface area (Å²) in [6, 6.07) is 15.5. The molecule has 0 radical (unpaired) electrons. The van der Waals surface area contributed by atoms with Crippen LogP contribution in [0.3, 0.4) is 0 Å². The number of furan rings is 2. The summed E-state index contributed by atoms with van der Waals surface area (Å²) in [6.45, 7) is 2.88. The van der Waals surface area contributed by atoms with Crippen LogP contribution < -0.4 is 5.32 Å². The van der Waals surface area contributed by atoms with Gasteiger partial charge in [-0.25, -0.2) is 0 Å². The quantitative estimate of drug-likeness (QED) is 0.445. The molecule has 0 saturated heterocycles. The molecule has 29 heavy (non-hydrogen) atoms. The van der Waals surface area contributed by atoms with Crippen LogP contribution in [-0.4, -0.2) is 26.4 Å². The minimum Gasteiger partial charge on any atom is -0.467 e. The standard InChI is InChI=1S/C21H20N4O3S/c1-15-5-2-6-16(11-15)20-23-24-21(25(20)13-18-8-4-10-28-18)29-14-19(26)22-12-17-7-3-9-27-17/h2-11H,12-14H2,1H3,(H,22,26). The number of hydrogen-bond acceptors (Lipinski definition) is 6. The van der Waals surface area contributed by atoms with E-state index in [-0.39, 0.29) is 11.7 Å². The van der Waals surface area contributed by atoms with Crippen molar-refractivity contribution in [2.45, 2.75) is 25.2 Å². The Morgan fingerprint density at radius 1 is 1.07 bits per heavy atom. The molecule has 1 aromatic carbocycles. The topological polar surface area (TPSA) is 86.1 Å². The second-order valence-corrected chi connectivity index (χ2v) is 7.43. The second kappa shape index (κ2) is 8.83. The van der Waals surface area contributed by atoms with Gasteiger partial charge in [-0.2, -0.15) is 0 Å². The highest BCUT2D eigenvalue weighted by atomic mass is 32.2. The van der Waals surface area contributed by atoms with Gasteiger partial charge in [-0.15, -0.1) is 10.2 Å². The minimum absolute atomic E-state index is 0.101. The van der Waals surface area contributed by atoms with E-state index < -0.39 is 0 Å². The zero-order valence-corrected chi connectivity index (χ0v) is 16.7. The summed E-state index contributed by atoms with van der Waals surface area (Å²) >= 11 is 1.34. The summed E-state index contributed by atoms with van der Waals surface area (Å²) in [5.41, 5.74) is 2.11. The lowest BCUT2D eigenvalue weighted by atomic mass is 10.1. The number of nitrogens with one attached hydrogen (secondary N) is 1. The van der Waals surface area contributed by atoms with Crippen LogP contribution in [0.15, 0.2) is 75.0 Å². The van der Waals surface area contributed by atoms with Crippen molar-refractivity contribution in [1.29, 1.82) is 0 Å². The van der Waals surface area contributed by atoms with E-state index in [0.717, 1.165) is 22.7 Å². The molecule has 0 aliphatic rings. The van der Waals surface area contributed by atoms with Crippen LogP contribution in [0, 0.1) is 6.92 Å². The molecule has 1 amide bonds. The fourth-order valence-corrected chi connectivity index (χ4v) is 3.64. The first-order valence-electron chi connectivity index (χ1n) is 9.13. The van der Waals surface area contributed by atoms with Crippen LogP contribution in [0.4, 0.5) is 0 Å². The lowest BCUT2D eigenvalue weighted by Crippen LogP contribution is -2.24. The fourth-order valence-electron chi connectivity index (χ4n) is 2.87. The summed E-state index contributed by atoms with van der Waals surface area (Å²) in [7, 11) is 0. The molecule has 3 aromatic heterocycles. The predicted molar refractivity (Wildman–Crippen MR) is 109 cm³/mol. The fraction of sp³-hybridized carbons (Fsp3) is 0.190. The second-order valence-electron chi connectivity index (χ2n) is 6.49. The van der Waals surface area contributed by atoms with Gasteiger partial charge in [0.05, 0.1) is 31.4 Å². The maximum atomic E-state index is 12.2. The minimum atomic E-state index is -0.101. The summed E-state index contributed by atoms with van der Waals surface area (Å²) in [5, 5.41) is 12.2. The highest BCUT2D eigenvalue weighted by Gasteiger charge is 2.17. The van der Waals surface area contributed by atoms with Gasteiger partial charge in [-0.05, 0) is 37.3 Å². The number of hydrogen-bond donors (Lipinski definition) is 1. The Bertz CT molecular complexity index is 1070. The summed E-state index contributed by atoms with van der Waals surface area (Å²) < 4.78 is 12.7. The number of aromatic nitrogens is 3. The van der Waals surface area contributed by atoms with Gasteiger partial charge in [-0.3, -0.25) is 9.36 Å². The first-order valence-corrected chi connectivity index (χ1v) is 10.1. The first-order chi connectivity index (χ1) is 14.2. The number of aryl methyl sites for hydroxylation is 1. The summed E-state index contributed by atoms with van der Waals surface area (Å²) in [6.07, 6.45) is 3.22. The molecule has 8 heteroatoms. The molecule has 0 aliphatic carbocycles. The molecule has 7 nitrogen and oxygen atoms in total. The third-order valence-corrected chi connectivity index (χ3v) is 5.23. The number of amides is 1. The Morgan fingerprint density at radius 3 is 2.59 bits per heavy atom. The van der Waals surface area contributed by atoms with Crippen molar-refractivity contribution in [3.05, 3.63) is 78.1 Å². The normalized spacial score (nSPS) is 10.9. The predicted octanol–water partition coefficient (Wildman–Crippen LogP) is 3.90. The number of rotatable bonds is 8. The first kappa shape index (κ1) is 19.1. The van der Waals surface area contributed by atoms with Gasteiger partial charge in [0.1, 0.15) is 11.5 Å². The molecule has 4 aromatic rings. The Labute approximate surface area is 172 Å². The number of carbonyl (C=O) groups is 1. The van der Waals surface area contributed by atoms with Crippen molar-refractivity contribution in [3.63, 3.8) is 0 Å². The number of nitrogens with zero attached hydrogens (tertiary/aromatic N) is 3. The zero-order chi connectivity index (χ0) is 20.1. The smallest absolute Gasteiger partial charge is 0.230 e. The average Bonchev–Trinajstić information content (AvgIpc) is 3.48. The highest BCUT2D eigenvalue weighted by Crippen LogP contribution is 2.26. The van der Waals surface area contributed by atoms with Gasteiger partial charge >= 0.3 is 0 Å². The van der Waals surface area contributed by atoms with E-state index in [1.54, 1.807) is 18.6 Å². The Morgan fingerprint density at radius 2 is 1.86 bits per heavy atom. The van der Waals surface area contributed by atoms with Gasteiger partial charge in [0.25, 0.3) is 0 Å². The van der Waals surface area contributed by atoms with Gasteiger partial charge < -0.3 is 14.2 Å². The molecule has 0 unspecified atom stereocenters. The third-order valence-electron chi connectivity index (χ3n) is 4.26. The average molecular weight is 408 g/mol. The number of thioether (sulfide) groups is 1. The molecule has 0 aliphatic heterocycles. The molecule has 0 bridgehead atoms. The van der Waals surface area contributed by atoms with Crippen LogP contribution in [-0.2, 0) is 17.9 Å².